The zero-order chi connectivity index (χ0) is 20.6. The van der Waals surface area contributed by atoms with Gasteiger partial charge in [0.05, 0.1) is 6.42 Å². The van der Waals surface area contributed by atoms with Crippen LogP contribution in [0.25, 0.3) is 0 Å². The molecule has 0 aromatic heterocycles. The van der Waals surface area contributed by atoms with Crippen molar-refractivity contribution in [1.29, 1.82) is 0 Å². The number of aliphatic hydroxyl groups excluding tert-OH is 1. The summed E-state index contributed by atoms with van der Waals surface area (Å²) in [5, 5.41) is 24.2. The number of rotatable bonds is 10. The fourth-order valence-corrected chi connectivity index (χ4v) is 3.02. The van der Waals surface area contributed by atoms with Gasteiger partial charge < -0.3 is 25.7 Å². The fourth-order valence-electron chi connectivity index (χ4n) is 3.02. The van der Waals surface area contributed by atoms with Gasteiger partial charge in [0.1, 0.15) is 18.2 Å². The van der Waals surface area contributed by atoms with Crippen LogP contribution in [-0.4, -0.2) is 70.1 Å². The molecule has 9 nitrogen and oxygen atoms in total. The van der Waals surface area contributed by atoms with Crippen LogP contribution in [0.3, 0.4) is 0 Å². The molecule has 0 aliphatic carbocycles. The number of carboxylic acid groups (broad SMARTS) is 1. The van der Waals surface area contributed by atoms with E-state index < -0.39 is 48.3 Å². The average Bonchev–Trinajstić information content (AvgIpc) is 3.12. The number of hydrogen-bond acceptors (Lipinski definition) is 5. The molecule has 9 heteroatoms. The number of hydrogen-bond donors (Lipinski definition) is 4. The highest BCUT2D eigenvalue weighted by Gasteiger charge is 2.39. The number of amides is 3. The van der Waals surface area contributed by atoms with Crippen molar-refractivity contribution >= 4 is 23.7 Å². The molecule has 0 aromatic carbocycles. The zero-order valence-electron chi connectivity index (χ0n) is 16.2. The van der Waals surface area contributed by atoms with Crippen LogP contribution >= 0.6 is 0 Å². The summed E-state index contributed by atoms with van der Waals surface area (Å²) in [6.45, 7) is 6.25. The van der Waals surface area contributed by atoms with Crippen LogP contribution < -0.4 is 10.6 Å². The molecular weight excluding hydrogens is 354 g/mol. The largest absolute Gasteiger partial charge is 0.480 e. The molecule has 0 aromatic rings. The van der Waals surface area contributed by atoms with Gasteiger partial charge in [-0.05, 0) is 25.2 Å². The Morgan fingerprint density at radius 1 is 1.22 bits per heavy atom. The van der Waals surface area contributed by atoms with Gasteiger partial charge in [-0.1, -0.05) is 27.2 Å². The maximum atomic E-state index is 12.9. The Morgan fingerprint density at radius 2 is 1.89 bits per heavy atom. The van der Waals surface area contributed by atoms with E-state index in [4.69, 9.17) is 0 Å². The van der Waals surface area contributed by atoms with Crippen LogP contribution in [0.2, 0.25) is 0 Å². The van der Waals surface area contributed by atoms with E-state index in [1.54, 1.807) is 6.92 Å². The van der Waals surface area contributed by atoms with Gasteiger partial charge in [-0.15, -0.1) is 0 Å². The number of aliphatic carboxylic acids is 1. The topological polar surface area (TPSA) is 136 Å². The first-order valence-electron chi connectivity index (χ1n) is 9.51. The summed E-state index contributed by atoms with van der Waals surface area (Å²) in [6, 6.07) is -1.78. The third-order valence-corrected chi connectivity index (χ3v) is 4.85. The summed E-state index contributed by atoms with van der Waals surface area (Å²) in [5.41, 5.74) is 0. The van der Waals surface area contributed by atoms with E-state index in [0.29, 0.717) is 38.8 Å². The van der Waals surface area contributed by atoms with Gasteiger partial charge in [0.25, 0.3) is 0 Å². The molecule has 1 fully saturated rings. The number of aliphatic hydroxyl groups is 1. The predicted octanol–water partition coefficient (Wildman–Crippen LogP) is -0.130. The molecule has 1 aliphatic rings. The quantitative estimate of drug-likeness (QED) is 0.414. The Labute approximate surface area is 159 Å². The van der Waals surface area contributed by atoms with Gasteiger partial charge in [0.15, 0.2) is 0 Å². The minimum atomic E-state index is -1.50. The number of carbonyl (C=O) groups is 4. The highest BCUT2D eigenvalue weighted by atomic mass is 16.4. The van der Waals surface area contributed by atoms with Crippen molar-refractivity contribution in [1.82, 2.24) is 15.5 Å². The van der Waals surface area contributed by atoms with Crippen molar-refractivity contribution in [3.8, 4) is 0 Å². The average molecular weight is 385 g/mol. The smallest absolute Gasteiger partial charge is 0.326 e. The fraction of sp³-hybridized carbons (Fsp3) is 0.778. The molecule has 4 N–H and O–H groups in total. The highest BCUT2D eigenvalue weighted by Crippen LogP contribution is 2.21. The Balaban J connectivity index is 2.77. The zero-order valence-corrected chi connectivity index (χ0v) is 16.2. The van der Waals surface area contributed by atoms with Gasteiger partial charge in [0.2, 0.25) is 17.7 Å². The summed E-state index contributed by atoms with van der Waals surface area (Å²) in [5.74, 6) is -2.98. The number of nitrogens with zero attached hydrogens (tertiary/aromatic N) is 1. The van der Waals surface area contributed by atoms with Crippen molar-refractivity contribution in [3.63, 3.8) is 0 Å². The molecule has 27 heavy (non-hydrogen) atoms. The normalized spacial score (nSPS) is 19.9. The molecule has 1 aliphatic heterocycles. The van der Waals surface area contributed by atoms with E-state index in [1.807, 2.05) is 13.8 Å². The van der Waals surface area contributed by atoms with E-state index >= 15 is 0 Å². The standard InChI is InChI=1S/C18H31N3O6/c1-4-8-19-16(24)13(22)10-14(23)20-15(11(3)5-2)17(25)21-9-6-7-12(21)18(26)27/h11-13,15,22H,4-10H2,1-3H3,(H,19,24)(H,20,23)(H,26,27)/t11-,12-,13?,15-/m0/s1. The number of carboxylic acids is 1. The van der Waals surface area contributed by atoms with Crippen molar-refractivity contribution in [2.45, 2.75) is 71.1 Å². The molecular formula is C18H31N3O6. The van der Waals surface area contributed by atoms with Crippen LogP contribution in [0.5, 0.6) is 0 Å². The Morgan fingerprint density at radius 3 is 2.44 bits per heavy atom. The second-order valence-corrected chi connectivity index (χ2v) is 6.97. The van der Waals surface area contributed by atoms with Gasteiger partial charge >= 0.3 is 5.97 Å². The summed E-state index contributed by atoms with van der Waals surface area (Å²) in [4.78, 5) is 49.5. The van der Waals surface area contributed by atoms with E-state index in [9.17, 15) is 29.4 Å². The monoisotopic (exact) mass is 385 g/mol. The number of nitrogens with one attached hydrogen (secondary N) is 2. The van der Waals surface area contributed by atoms with Gasteiger partial charge in [-0.3, -0.25) is 14.4 Å². The molecule has 0 bridgehead atoms. The second kappa shape index (κ2) is 10.9. The Kier molecular flexibility index (Phi) is 9.20. The van der Waals surface area contributed by atoms with Crippen molar-refractivity contribution < 1.29 is 29.4 Å². The van der Waals surface area contributed by atoms with E-state index in [-0.39, 0.29) is 5.92 Å². The molecule has 1 heterocycles. The Bertz CT molecular complexity index is 553. The van der Waals surface area contributed by atoms with Gasteiger partial charge in [-0.25, -0.2) is 4.79 Å². The Hall–Kier alpha value is -2.16. The van der Waals surface area contributed by atoms with Crippen molar-refractivity contribution in [2.24, 2.45) is 5.92 Å². The minimum absolute atomic E-state index is 0.220. The van der Waals surface area contributed by atoms with Crippen LogP contribution in [0, 0.1) is 5.92 Å². The SMILES string of the molecule is CCCNC(=O)C(O)CC(=O)N[C@H](C(=O)N1CCC[C@H]1C(=O)O)[C@@H](C)CC. The van der Waals surface area contributed by atoms with Gasteiger partial charge in [-0.2, -0.15) is 0 Å². The highest BCUT2D eigenvalue weighted by molar-refractivity contribution is 5.92. The first-order chi connectivity index (χ1) is 12.7. The lowest BCUT2D eigenvalue weighted by Gasteiger charge is -2.30. The van der Waals surface area contributed by atoms with E-state index in [2.05, 4.69) is 10.6 Å². The van der Waals surface area contributed by atoms with Crippen LogP contribution in [0.1, 0.15) is 52.9 Å². The minimum Gasteiger partial charge on any atom is -0.480 e. The molecule has 0 spiro atoms. The summed E-state index contributed by atoms with van der Waals surface area (Å²) in [7, 11) is 0. The predicted molar refractivity (Wildman–Crippen MR) is 97.7 cm³/mol. The van der Waals surface area contributed by atoms with Crippen molar-refractivity contribution in [2.75, 3.05) is 13.1 Å². The molecule has 0 radical (unpaired) electrons. The summed E-state index contributed by atoms with van der Waals surface area (Å²) in [6.07, 6.45) is 0.330. The maximum Gasteiger partial charge on any atom is 0.326 e. The lowest BCUT2D eigenvalue weighted by atomic mass is 9.97. The first kappa shape index (κ1) is 22.9. The summed E-state index contributed by atoms with van der Waals surface area (Å²) < 4.78 is 0. The van der Waals surface area contributed by atoms with Crippen LogP contribution in [0.4, 0.5) is 0 Å². The molecule has 3 amide bonds. The van der Waals surface area contributed by atoms with Crippen LogP contribution in [0.15, 0.2) is 0 Å². The third kappa shape index (κ3) is 6.50. The van der Waals surface area contributed by atoms with Crippen molar-refractivity contribution in [3.05, 3.63) is 0 Å². The number of likely N-dealkylation sites (tertiary alicyclic amines) is 1. The molecule has 154 valence electrons. The van der Waals surface area contributed by atoms with E-state index in [1.165, 1.54) is 4.90 Å². The second-order valence-electron chi connectivity index (χ2n) is 6.97. The lowest BCUT2D eigenvalue weighted by molar-refractivity contribution is -0.150. The third-order valence-electron chi connectivity index (χ3n) is 4.85. The number of carbonyl (C=O) groups excluding carboxylic acids is 3. The first-order valence-corrected chi connectivity index (χ1v) is 9.51. The van der Waals surface area contributed by atoms with Gasteiger partial charge in [0, 0.05) is 13.1 Å². The van der Waals surface area contributed by atoms with E-state index in [0.717, 1.165) is 0 Å². The lowest BCUT2D eigenvalue weighted by Crippen LogP contribution is -2.54. The van der Waals surface area contributed by atoms with Crippen LogP contribution in [-0.2, 0) is 19.2 Å². The maximum absolute atomic E-state index is 12.9. The molecule has 1 saturated heterocycles. The molecule has 4 atom stereocenters. The molecule has 1 rings (SSSR count). The summed E-state index contributed by atoms with van der Waals surface area (Å²) >= 11 is 0. The molecule has 1 unspecified atom stereocenters. The molecule has 0 saturated carbocycles.